The van der Waals surface area contributed by atoms with E-state index in [1.54, 1.807) is 15.6 Å². The summed E-state index contributed by atoms with van der Waals surface area (Å²) >= 11 is 1.65. The number of sulfonamides is 1. The molecule has 2 saturated heterocycles. The molecule has 1 aromatic heterocycles. The van der Waals surface area contributed by atoms with E-state index >= 15 is 0 Å². The first kappa shape index (κ1) is 15.2. The maximum Gasteiger partial charge on any atom is 0.211 e. The largest absolute Gasteiger partial charge is 0.379 e. The predicted molar refractivity (Wildman–Crippen MR) is 83.2 cm³/mol. The summed E-state index contributed by atoms with van der Waals surface area (Å²) in [6.07, 6.45) is 5.00. The molecule has 1 aromatic rings. The summed E-state index contributed by atoms with van der Waals surface area (Å²) in [5.41, 5.74) is -0.0483. The number of hydrogen-bond donors (Lipinski definition) is 0. The number of thiazole rings is 1. The molecule has 0 bridgehead atoms. The molecule has 8 heteroatoms. The molecular formula is C13H21N3O3S2. The van der Waals surface area contributed by atoms with Gasteiger partial charge in [0.05, 0.1) is 19.5 Å². The Morgan fingerprint density at radius 1 is 1.33 bits per heavy atom. The Labute approximate surface area is 129 Å². The molecule has 21 heavy (non-hydrogen) atoms. The van der Waals surface area contributed by atoms with Crippen LogP contribution in [0.25, 0.3) is 0 Å². The minimum Gasteiger partial charge on any atom is -0.379 e. The fraction of sp³-hybridized carbons (Fsp3) is 0.769. The van der Waals surface area contributed by atoms with E-state index in [-0.39, 0.29) is 5.41 Å². The lowest BCUT2D eigenvalue weighted by Gasteiger charge is -2.42. The standard InChI is InChI=1S/C13H21N3O3S2/c1-21(17,18)16-7-8-19-11-13(10-16)2-5-15(6-3-13)12-14-4-9-20-12/h4,9H,2-3,5-8,10-11H2,1H3. The van der Waals surface area contributed by atoms with Crippen LogP contribution in [-0.2, 0) is 14.8 Å². The number of aromatic nitrogens is 1. The third-order valence-corrected chi connectivity index (χ3v) is 6.47. The molecule has 0 saturated carbocycles. The van der Waals surface area contributed by atoms with Crippen LogP contribution in [0.15, 0.2) is 11.6 Å². The molecule has 0 aromatic carbocycles. The lowest BCUT2D eigenvalue weighted by Crippen LogP contribution is -2.48. The van der Waals surface area contributed by atoms with E-state index in [2.05, 4.69) is 9.88 Å². The van der Waals surface area contributed by atoms with Gasteiger partial charge in [-0.25, -0.2) is 13.4 Å². The van der Waals surface area contributed by atoms with Gasteiger partial charge >= 0.3 is 0 Å². The second-order valence-electron chi connectivity index (χ2n) is 5.95. The van der Waals surface area contributed by atoms with Crippen LogP contribution in [0.1, 0.15) is 12.8 Å². The highest BCUT2D eigenvalue weighted by molar-refractivity contribution is 7.88. The quantitative estimate of drug-likeness (QED) is 0.810. The summed E-state index contributed by atoms with van der Waals surface area (Å²) in [4.78, 5) is 6.64. The maximum atomic E-state index is 11.9. The topological polar surface area (TPSA) is 62.7 Å². The van der Waals surface area contributed by atoms with Gasteiger partial charge in [0, 0.05) is 43.2 Å². The first-order valence-electron chi connectivity index (χ1n) is 7.16. The molecule has 0 amide bonds. The second kappa shape index (κ2) is 5.83. The second-order valence-corrected chi connectivity index (χ2v) is 8.81. The van der Waals surface area contributed by atoms with E-state index in [0.29, 0.717) is 26.3 Å². The van der Waals surface area contributed by atoms with Crippen molar-refractivity contribution < 1.29 is 13.2 Å². The van der Waals surface area contributed by atoms with E-state index < -0.39 is 10.0 Å². The molecular weight excluding hydrogens is 310 g/mol. The summed E-state index contributed by atoms with van der Waals surface area (Å²) in [5.74, 6) is 0. The Balaban J connectivity index is 1.70. The molecule has 0 radical (unpaired) electrons. The van der Waals surface area contributed by atoms with Gasteiger partial charge in [0.1, 0.15) is 0 Å². The number of hydrogen-bond acceptors (Lipinski definition) is 6. The van der Waals surface area contributed by atoms with Crippen molar-refractivity contribution in [3.63, 3.8) is 0 Å². The highest BCUT2D eigenvalue weighted by atomic mass is 32.2. The zero-order valence-corrected chi connectivity index (χ0v) is 13.8. The predicted octanol–water partition coefficient (Wildman–Crippen LogP) is 1.02. The van der Waals surface area contributed by atoms with E-state index in [1.165, 1.54) is 6.26 Å². The molecule has 3 rings (SSSR count). The van der Waals surface area contributed by atoms with Gasteiger partial charge in [0.15, 0.2) is 5.13 Å². The van der Waals surface area contributed by atoms with E-state index in [4.69, 9.17) is 4.74 Å². The Kier molecular flexibility index (Phi) is 4.22. The van der Waals surface area contributed by atoms with Crippen LogP contribution in [0.4, 0.5) is 5.13 Å². The van der Waals surface area contributed by atoms with Crippen molar-refractivity contribution in [3.8, 4) is 0 Å². The lowest BCUT2D eigenvalue weighted by atomic mass is 9.79. The van der Waals surface area contributed by atoms with E-state index in [0.717, 1.165) is 31.1 Å². The van der Waals surface area contributed by atoms with E-state index in [9.17, 15) is 8.42 Å². The van der Waals surface area contributed by atoms with Gasteiger partial charge in [0.2, 0.25) is 10.0 Å². The normalized spacial score (nSPS) is 24.1. The number of rotatable bonds is 2. The number of nitrogens with zero attached hydrogens (tertiary/aromatic N) is 3. The van der Waals surface area contributed by atoms with Crippen LogP contribution in [0.5, 0.6) is 0 Å². The molecule has 0 N–H and O–H groups in total. The highest BCUT2D eigenvalue weighted by Gasteiger charge is 2.40. The summed E-state index contributed by atoms with van der Waals surface area (Å²) in [7, 11) is -3.15. The monoisotopic (exact) mass is 331 g/mol. The number of piperidine rings is 1. The van der Waals surface area contributed by atoms with Crippen molar-refractivity contribution in [1.82, 2.24) is 9.29 Å². The number of ether oxygens (including phenoxy) is 1. The summed E-state index contributed by atoms with van der Waals surface area (Å²) in [6, 6.07) is 0. The minimum absolute atomic E-state index is 0.0483. The summed E-state index contributed by atoms with van der Waals surface area (Å²) in [6.45, 7) is 4.02. The fourth-order valence-corrected chi connectivity index (χ4v) is 4.70. The van der Waals surface area contributed by atoms with Crippen LogP contribution in [0, 0.1) is 5.41 Å². The zero-order chi connectivity index (χ0) is 14.9. The summed E-state index contributed by atoms with van der Waals surface area (Å²) < 4.78 is 31.0. The molecule has 0 unspecified atom stereocenters. The van der Waals surface area contributed by atoms with Crippen LogP contribution in [-0.4, -0.2) is 63.4 Å². The van der Waals surface area contributed by atoms with Crippen LogP contribution >= 0.6 is 11.3 Å². The van der Waals surface area contributed by atoms with Crippen LogP contribution < -0.4 is 4.90 Å². The van der Waals surface area contributed by atoms with E-state index in [1.807, 2.05) is 11.6 Å². The average Bonchev–Trinajstić information content (AvgIpc) is 2.88. The fourth-order valence-electron chi connectivity index (χ4n) is 3.08. The minimum atomic E-state index is -3.15. The van der Waals surface area contributed by atoms with Gasteiger partial charge in [0.25, 0.3) is 0 Å². The molecule has 0 aliphatic carbocycles. The Morgan fingerprint density at radius 3 is 2.71 bits per heavy atom. The Hall–Kier alpha value is -0.700. The van der Waals surface area contributed by atoms with Crippen molar-refractivity contribution >= 4 is 26.5 Å². The molecule has 3 heterocycles. The molecule has 2 fully saturated rings. The van der Waals surface area contributed by atoms with Crippen molar-refractivity contribution in [2.24, 2.45) is 5.41 Å². The van der Waals surface area contributed by atoms with Crippen molar-refractivity contribution in [2.75, 3.05) is 50.5 Å². The first-order chi connectivity index (χ1) is 9.99. The van der Waals surface area contributed by atoms with Crippen LogP contribution in [0.3, 0.4) is 0 Å². The molecule has 2 aliphatic heterocycles. The third-order valence-electron chi connectivity index (χ3n) is 4.39. The van der Waals surface area contributed by atoms with Crippen molar-refractivity contribution in [1.29, 1.82) is 0 Å². The van der Waals surface area contributed by atoms with Crippen molar-refractivity contribution in [3.05, 3.63) is 11.6 Å². The van der Waals surface area contributed by atoms with Gasteiger partial charge in [-0.05, 0) is 12.8 Å². The highest BCUT2D eigenvalue weighted by Crippen LogP contribution is 2.36. The third kappa shape index (κ3) is 3.39. The maximum absolute atomic E-state index is 11.9. The van der Waals surface area contributed by atoms with Gasteiger partial charge < -0.3 is 9.64 Å². The SMILES string of the molecule is CS(=O)(=O)N1CCOCC2(CCN(c3nccs3)CC2)C1. The van der Waals surface area contributed by atoms with Gasteiger partial charge in [-0.3, -0.25) is 0 Å². The van der Waals surface area contributed by atoms with Crippen LogP contribution in [0.2, 0.25) is 0 Å². The Morgan fingerprint density at radius 2 is 2.10 bits per heavy atom. The average molecular weight is 331 g/mol. The molecule has 1 spiro atoms. The Bertz CT molecular complexity index is 565. The smallest absolute Gasteiger partial charge is 0.211 e. The zero-order valence-electron chi connectivity index (χ0n) is 12.2. The summed E-state index contributed by atoms with van der Waals surface area (Å²) in [5, 5.41) is 3.04. The first-order valence-corrected chi connectivity index (χ1v) is 9.89. The molecule has 6 nitrogen and oxygen atoms in total. The molecule has 2 aliphatic rings. The van der Waals surface area contributed by atoms with Gasteiger partial charge in [-0.2, -0.15) is 4.31 Å². The number of anilines is 1. The van der Waals surface area contributed by atoms with Gasteiger partial charge in [-0.1, -0.05) is 0 Å². The molecule has 0 atom stereocenters. The molecule has 118 valence electrons. The van der Waals surface area contributed by atoms with Gasteiger partial charge in [-0.15, -0.1) is 11.3 Å². The lowest BCUT2D eigenvalue weighted by molar-refractivity contribution is 0.0519. The van der Waals surface area contributed by atoms with Crippen molar-refractivity contribution in [2.45, 2.75) is 12.8 Å².